The number of hydrogen-bond donors (Lipinski definition) is 2. The van der Waals surface area contributed by atoms with Gasteiger partial charge in [-0.25, -0.2) is 9.59 Å². The largest absolute Gasteiger partial charge is 0.507 e. The van der Waals surface area contributed by atoms with Gasteiger partial charge in [-0.15, -0.1) is 0 Å². The predicted molar refractivity (Wildman–Crippen MR) is 173 cm³/mol. The van der Waals surface area contributed by atoms with Gasteiger partial charge in [0.1, 0.15) is 11.5 Å². The molecule has 0 heterocycles. The Balaban J connectivity index is 1.59. The third kappa shape index (κ3) is 6.88. The molecule has 4 aromatic carbocycles. The lowest BCUT2D eigenvalue weighted by Crippen LogP contribution is -2.22. The van der Waals surface area contributed by atoms with Crippen LogP contribution in [0.2, 0.25) is 0 Å². The molecule has 0 radical (unpaired) electrons. The molecular formula is C36H36N2O7. The lowest BCUT2D eigenvalue weighted by atomic mass is 9.96. The summed E-state index contributed by atoms with van der Waals surface area (Å²) < 4.78 is 5.18. The molecule has 0 fully saturated rings. The van der Waals surface area contributed by atoms with Crippen LogP contribution in [0.15, 0.2) is 84.9 Å². The molecule has 0 aromatic heterocycles. The first-order valence-corrected chi connectivity index (χ1v) is 14.8. The second-order valence-corrected chi connectivity index (χ2v) is 10.2. The molecule has 2 N–H and O–H groups in total. The van der Waals surface area contributed by atoms with Crippen molar-refractivity contribution in [3.63, 3.8) is 0 Å². The number of benzene rings is 4. The van der Waals surface area contributed by atoms with Crippen molar-refractivity contribution in [1.29, 1.82) is 0 Å². The van der Waals surface area contributed by atoms with Crippen molar-refractivity contribution < 1.29 is 34.1 Å². The molecule has 0 saturated heterocycles. The molecule has 4 aromatic rings. The second kappa shape index (κ2) is 14.4. The Hall–Kier alpha value is -5.44. The summed E-state index contributed by atoms with van der Waals surface area (Å²) >= 11 is 0. The molecular weight excluding hydrogens is 572 g/mol. The van der Waals surface area contributed by atoms with Crippen LogP contribution < -0.4 is 9.80 Å². The van der Waals surface area contributed by atoms with Crippen LogP contribution in [-0.4, -0.2) is 59.9 Å². The molecule has 0 amide bonds. The van der Waals surface area contributed by atoms with Gasteiger partial charge in [-0.2, -0.15) is 0 Å². The average Bonchev–Trinajstić information content (AvgIpc) is 3.05. The van der Waals surface area contributed by atoms with E-state index in [-0.39, 0.29) is 44.9 Å². The van der Waals surface area contributed by atoms with Crippen LogP contribution in [0.5, 0.6) is 11.5 Å². The van der Waals surface area contributed by atoms with Gasteiger partial charge >= 0.3 is 11.9 Å². The van der Waals surface area contributed by atoms with Crippen molar-refractivity contribution in [1.82, 2.24) is 0 Å². The van der Waals surface area contributed by atoms with Crippen LogP contribution in [0.1, 0.15) is 80.3 Å². The fourth-order valence-electron chi connectivity index (χ4n) is 5.20. The third-order valence-electron chi connectivity index (χ3n) is 7.68. The molecule has 0 spiro atoms. The number of ether oxygens (including phenoxy) is 1. The maximum absolute atomic E-state index is 13.5. The molecule has 0 aliphatic rings. The van der Waals surface area contributed by atoms with Crippen LogP contribution in [0, 0.1) is 0 Å². The van der Waals surface area contributed by atoms with E-state index in [9.17, 15) is 29.4 Å². The Labute approximate surface area is 262 Å². The van der Waals surface area contributed by atoms with Gasteiger partial charge < -0.3 is 24.7 Å². The number of nitrogens with zero attached hydrogens (tertiary/aromatic N) is 2. The van der Waals surface area contributed by atoms with Crippen molar-refractivity contribution in [3.8, 4) is 11.5 Å². The summed E-state index contributed by atoms with van der Waals surface area (Å²) in [6.07, 6.45) is 0. The minimum Gasteiger partial charge on any atom is -0.507 e. The smallest absolute Gasteiger partial charge is 0.346 e. The van der Waals surface area contributed by atoms with Crippen molar-refractivity contribution >= 4 is 34.9 Å². The molecule has 4 rings (SSSR count). The highest BCUT2D eigenvalue weighted by molar-refractivity contribution is 6.19. The van der Waals surface area contributed by atoms with Gasteiger partial charge in [0.05, 0.1) is 22.3 Å². The first kappa shape index (κ1) is 32.5. The molecule has 0 atom stereocenters. The molecule has 0 bridgehead atoms. The van der Waals surface area contributed by atoms with Gasteiger partial charge in [-0.1, -0.05) is 36.4 Å². The number of ketones is 2. The fourth-order valence-corrected chi connectivity index (χ4v) is 5.20. The van der Waals surface area contributed by atoms with Crippen LogP contribution >= 0.6 is 0 Å². The van der Waals surface area contributed by atoms with E-state index in [2.05, 4.69) is 0 Å². The summed E-state index contributed by atoms with van der Waals surface area (Å²) in [5.74, 6) is -3.95. The van der Waals surface area contributed by atoms with Crippen molar-refractivity contribution in [3.05, 3.63) is 118 Å². The Kier molecular flexibility index (Phi) is 10.4. The maximum Gasteiger partial charge on any atom is 0.346 e. The lowest BCUT2D eigenvalue weighted by molar-refractivity contribution is 0.0394. The van der Waals surface area contributed by atoms with Crippen molar-refractivity contribution in [2.24, 2.45) is 0 Å². The summed E-state index contributed by atoms with van der Waals surface area (Å²) in [5, 5.41) is 21.4. The molecule has 45 heavy (non-hydrogen) atoms. The van der Waals surface area contributed by atoms with E-state index in [0.29, 0.717) is 26.2 Å². The van der Waals surface area contributed by atoms with E-state index in [4.69, 9.17) is 4.74 Å². The van der Waals surface area contributed by atoms with Crippen LogP contribution in [0.25, 0.3) is 0 Å². The first-order chi connectivity index (χ1) is 21.6. The number of anilines is 2. The monoisotopic (exact) mass is 608 g/mol. The van der Waals surface area contributed by atoms with Crippen LogP contribution in [-0.2, 0) is 4.74 Å². The van der Waals surface area contributed by atoms with Crippen LogP contribution in [0.3, 0.4) is 0 Å². The summed E-state index contributed by atoms with van der Waals surface area (Å²) in [4.78, 5) is 57.5. The Morgan fingerprint density at radius 3 is 1.16 bits per heavy atom. The number of rotatable bonds is 12. The van der Waals surface area contributed by atoms with E-state index in [1.165, 1.54) is 60.7 Å². The van der Waals surface area contributed by atoms with E-state index >= 15 is 0 Å². The Morgan fingerprint density at radius 1 is 0.511 bits per heavy atom. The quantitative estimate of drug-likeness (QED) is 0.109. The van der Waals surface area contributed by atoms with E-state index in [1.54, 1.807) is 24.3 Å². The van der Waals surface area contributed by atoms with Gasteiger partial charge in [0.2, 0.25) is 0 Å². The molecule has 0 aliphatic carbocycles. The second-order valence-electron chi connectivity index (χ2n) is 10.2. The zero-order chi connectivity index (χ0) is 32.7. The molecule has 232 valence electrons. The predicted octanol–water partition coefficient (Wildman–Crippen LogP) is 6.25. The van der Waals surface area contributed by atoms with Gasteiger partial charge in [0.25, 0.3) is 0 Å². The number of phenolic OH excluding ortho intramolecular Hbond substituents is 2. The average molecular weight is 609 g/mol. The number of esters is 2. The topological polar surface area (TPSA) is 124 Å². The zero-order valence-electron chi connectivity index (χ0n) is 25.7. The standard InChI is InChI=1S/C36H36N2O7/c1-5-37(6-2)23-17-19-29(31(39)21-23)33(41)25-13-9-11-15-27(25)35(43)45-36(44)28-16-12-10-14-26(28)34(42)30-20-18-24(22-32(30)40)38(7-3)8-4/h9-22,39-40H,5-8H2,1-4H3. The fraction of sp³-hybridized carbons (Fsp3) is 0.222. The Morgan fingerprint density at radius 2 is 0.844 bits per heavy atom. The molecule has 9 heteroatoms. The molecule has 0 aliphatic heterocycles. The number of phenols is 2. The van der Waals surface area contributed by atoms with Gasteiger partial charge in [-0.3, -0.25) is 9.59 Å². The Bertz CT molecular complexity index is 1610. The van der Waals surface area contributed by atoms with Gasteiger partial charge in [0, 0.05) is 60.8 Å². The minimum absolute atomic E-state index is 0.0137. The van der Waals surface area contributed by atoms with E-state index < -0.39 is 23.5 Å². The van der Waals surface area contributed by atoms with Gasteiger partial charge in [0.15, 0.2) is 11.6 Å². The van der Waals surface area contributed by atoms with E-state index in [0.717, 1.165) is 11.4 Å². The SMILES string of the molecule is CCN(CC)c1ccc(C(=O)c2ccccc2C(=O)OC(=O)c2ccccc2C(=O)c2ccc(N(CC)CC)cc2O)c(O)c1. The highest BCUT2D eigenvalue weighted by Gasteiger charge is 2.27. The summed E-state index contributed by atoms with van der Waals surface area (Å²) in [6, 6.07) is 21.0. The highest BCUT2D eigenvalue weighted by Crippen LogP contribution is 2.30. The number of carbonyl (C=O) groups excluding carboxylic acids is 4. The van der Waals surface area contributed by atoms with Crippen LogP contribution in [0.4, 0.5) is 11.4 Å². The molecule has 9 nitrogen and oxygen atoms in total. The number of carbonyl (C=O) groups is 4. The van der Waals surface area contributed by atoms with Gasteiger partial charge in [-0.05, 0) is 64.1 Å². The maximum atomic E-state index is 13.5. The summed E-state index contributed by atoms with van der Waals surface area (Å²) in [6.45, 7) is 10.8. The molecule has 0 saturated carbocycles. The highest BCUT2D eigenvalue weighted by atomic mass is 16.6. The minimum atomic E-state index is -1.10. The molecule has 0 unspecified atom stereocenters. The first-order valence-electron chi connectivity index (χ1n) is 14.8. The summed E-state index contributed by atoms with van der Waals surface area (Å²) in [7, 11) is 0. The van der Waals surface area contributed by atoms with Crippen molar-refractivity contribution in [2.75, 3.05) is 36.0 Å². The lowest BCUT2D eigenvalue weighted by Gasteiger charge is -2.21. The summed E-state index contributed by atoms with van der Waals surface area (Å²) in [5.41, 5.74) is 0.962. The van der Waals surface area contributed by atoms with Crippen molar-refractivity contribution in [2.45, 2.75) is 27.7 Å². The zero-order valence-corrected chi connectivity index (χ0v) is 25.7. The number of hydrogen-bond acceptors (Lipinski definition) is 9. The third-order valence-corrected chi connectivity index (χ3v) is 7.68. The normalized spacial score (nSPS) is 10.7. The van der Waals surface area contributed by atoms with E-state index in [1.807, 2.05) is 37.5 Å². The number of aromatic hydroxyl groups is 2.